The van der Waals surface area contributed by atoms with Crippen molar-refractivity contribution in [3.63, 3.8) is 0 Å². The van der Waals surface area contributed by atoms with Gasteiger partial charge in [-0.2, -0.15) is 0 Å². The molecule has 0 fully saturated rings. The second-order valence-corrected chi connectivity index (χ2v) is 13.7. The normalized spacial score (nSPS) is 13.3. The molecular formula is C48H34N4. The van der Waals surface area contributed by atoms with Crippen molar-refractivity contribution in [3.05, 3.63) is 168 Å². The number of rotatable bonds is 5. The van der Waals surface area contributed by atoms with E-state index in [-0.39, 0.29) is 0 Å². The van der Waals surface area contributed by atoms with Gasteiger partial charge in [-0.25, -0.2) is 15.0 Å². The molecular weight excluding hydrogens is 633 g/mol. The van der Waals surface area contributed by atoms with E-state index >= 15 is 0 Å². The van der Waals surface area contributed by atoms with Gasteiger partial charge in [-0.05, 0) is 105 Å². The molecule has 0 amide bonds. The lowest BCUT2D eigenvalue weighted by atomic mass is 9.80. The number of aromatic nitrogens is 4. The molecule has 8 aromatic rings. The Balaban J connectivity index is 1.23. The standard InChI is InChI=1S/C48H34N4/c1-3-13-31(14-4-1)46-50-47(32-15-5-2-6-16-32)52-48(51-46)37-26-35(25-36(27-37)45-30-49-29-34-17-7-8-18-38(34)45)33-23-24-43-41-21-10-9-19-39(41)40-20-11-12-22-42(40)44(43)28-33/h1-8,10,12-18,21-30H,9,11,19-20H2. The summed E-state index contributed by atoms with van der Waals surface area (Å²) in [5.74, 6) is 1.92. The molecule has 6 aromatic carbocycles. The second kappa shape index (κ2) is 12.7. The third-order valence-electron chi connectivity index (χ3n) is 10.5. The highest BCUT2D eigenvalue weighted by atomic mass is 15.0. The molecule has 246 valence electrons. The first-order chi connectivity index (χ1) is 25.8. The average Bonchev–Trinajstić information content (AvgIpc) is 3.23. The first-order valence-electron chi connectivity index (χ1n) is 18.1. The Hall–Kier alpha value is -6.52. The zero-order valence-electron chi connectivity index (χ0n) is 28.6. The van der Waals surface area contributed by atoms with Crippen molar-refractivity contribution in [2.75, 3.05) is 0 Å². The Kier molecular flexibility index (Phi) is 7.38. The summed E-state index contributed by atoms with van der Waals surface area (Å²) in [6.07, 6.45) is 17.7. The van der Waals surface area contributed by atoms with Crippen LogP contribution in [0.5, 0.6) is 0 Å². The predicted octanol–water partition coefficient (Wildman–Crippen LogP) is 11.8. The van der Waals surface area contributed by atoms with Crippen LogP contribution in [0.1, 0.15) is 35.1 Å². The molecule has 0 saturated carbocycles. The summed E-state index contributed by atoms with van der Waals surface area (Å²) in [5, 5.41) is 4.90. The van der Waals surface area contributed by atoms with Crippen LogP contribution in [0.2, 0.25) is 0 Å². The van der Waals surface area contributed by atoms with Crippen LogP contribution in [0.3, 0.4) is 0 Å². The van der Waals surface area contributed by atoms with E-state index in [1.165, 1.54) is 33.0 Å². The molecule has 10 rings (SSSR count). The second-order valence-electron chi connectivity index (χ2n) is 13.7. The lowest BCUT2D eigenvalue weighted by molar-refractivity contribution is 0.911. The average molecular weight is 667 g/mol. The topological polar surface area (TPSA) is 51.6 Å². The molecule has 0 saturated heterocycles. The summed E-state index contributed by atoms with van der Waals surface area (Å²) in [7, 11) is 0. The largest absolute Gasteiger partial charge is 0.263 e. The van der Waals surface area contributed by atoms with Crippen molar-refractivity contribution >= 4 is 33.7 Å². The van der Waals surface area contributed by atoms with E-state index in [0.717, 1.165) is 75.4 Å². The van der Waals surface area contributed by atoms with Crippen molar-refractivity contribution in [3.8, 4) is 56.4 Å². The molecule has 0 unspecified atom stereocenters. The van der Waals surface area contributed by atoms with Crippen molar-refractivity contribution in [2.24, 2.45) is 0 Å². The van der Waals surface area contributed by atoms with Gasteiger partial charge in [0, 0.05) is 40.0 Å². The third-order valence-corrected chi connectivity index (χ3v) is 10.5. The molecule has 52 heavy (non-hydrogen) atoms. The van der Waals surface area contributed by atoms with Gasteiger partial charge in [-0.1, -0.05) is 121 Å². The van der Waals surface area contributed by atoms with Crippen LogP contribution >= 0.6 is 0 Å². The summed E-state index contributed by atoms with van der Waals surface area (Å²) >= 11 is 0. The number of hydrogen-bond acceptors (Lipinski definition) is 4. The van der Waals surface area contributed by atoms with Crippen LogP contribution in [-0.2, 0) is 12.8 Å². The predicted molar refractivity (Wildman–Crippen MR) is 215 cm³/mol. The highest BCUT2D eigenvalue weighted by molar-refractivity contribution is 6.02. The molecule has 2 aliphatic rings. The van der Waals surface area contributed by atoms with Crippen LogP contribution < -0.4 is 0 Å². The van der Waals surface area contributed by atoms with Crippen molar-refractivity contribution < 1.29 is 0 Å². The minimum Gasteiger partial charge on any atom is -0.263 e. The van der Waals surface area contributed by atoms with E-state index in [1.54, 1.807) is 0 Å². The zero-order valence-corrected chi connectivity index (χ0v) is 28.6. The van der Waals surface area contributed by atoms with Gasteiger partial charge in [0.15, 0.2) is 17.5 Å². The zero-order chi connectivity index (χ0) is 34.4. The van der Waals surface area contributed by atoms with Gasteiger partial charge in [-0.3, -0.25) is 4.98 Å². The van der Waals surface area contributed by atoms with E-state index < -0.39 is 0 Å². The van der Waals surface area contributed by atoms with Crippen LogP contribution in [0.25, 0.3) is 90.1 Å². The fraction of sp³-hybridized carbons (Fsp3) is 0.0833. The fourth-order valence-corrected chi connectivity index (χ4v) is 8.00. The number of fused-ring (bicyclic) bond motifs is 7. The van der Waals surface area contributed by atoms with Crippen LogP contribution in [0.15, 0.2) is 146 Å². The molecule has 0 N–H and O–H groups in total. The Bertz CT molecular complexity index is 2660. The molecule has 0 atom stereocenters. The highest BCUT2D eigenvalue weighted by Gasteiger charge is 2.21. The maximum Gasteiger partial charge on any atom is 0.164 e. The molecule has 0 radical (unpaired) electrons. The SMILES string of the molecule is C1=Cc2c(c3c(c4cc(-c5cc(-c6nc(-c7ccccc7)nc(-c7ccccc7)n6)cc(-c6cncc7ccccc67)c5)ccc24)C=CCC3)CC1. The van der Waals surface area contributed by atoms with E-state index in [1.807, 2.05) is 48.8 Å². The Morgan fingerprint density at radius 2 is 0.981 bits per heavy atom. The van der Waals surface area contributed by atoms with Crippen molar-refractivity contribution in [1.29, 1.82) is 0 Å². The summed E-state index contributed by atoms with van der Waals surface area (Å²) in [6, 6.07) is 42.5. The van der Waals surface area contributed by atoms with Gasteiger partial charge < -0.3 is 0 Å². The van der Waals surface area contributed by atoms with E-state index in [0.29, 0.717) is 17.5 Å². The quantitative estimate of drug-likeness (QED) is 0.183. The van der Waals surface area contributed by atoms with E-state index in [4.69, 9.17) is 15.0 Å². The number of hydrogen-bond donors (Lipinski definition) is 0. The Morgan fingerprint density at radius 3 is 1.67 bits per heavy atom. The van der Waals surface area contributed by atoms with Gasteiger partial charge in [-0.15, -0.1) is 0 Å². The van der Waals surface area contributed by atoms with Gasteiger partial charge in [0.25, 0.3) is 0 Å². The van der Waals surface area contributed by atoms with Crippen LogP contribution in [0.4, 0.5) is 0 Å². The van der Waals surface area contributed by atoms with E-state index in [9.17, 15) is 0 Å². The number of nitrogens with zero attached hydrogens (tertiary/aromatic N) is 4. The van der Waals surface area contributed by atoms with Crippen molar-refractivity contribution in [2.45, 2.75) is 25.7 Å². The van der Waals surface area contributed by atoms with Crippen LogP contribution in [-0.4, -0.2) is 19.9 Å². The molecule has 0 spiro atoms. The van der Waals surface area contributed by atoms with Crippen molar-refractivity contribution in [1.82, 2.24) is 19.9 Å². The summed E-state index contributed by atoms with van der Waals surface area (Å²) in [6.45, 7) is 0. The highest BCUT2D eigenvalue weighted by Crippen LogP contribution is 2.41. The minimum absolute atomic E-state index is 0.629. The van der Waals surface area contributed by atoms with E-state index in [2.05, 4.69) is 114 Å². The molecule has 2 aliphatic carbocycles. The molecule has 4 heteroatoms. The molecule has 2 heterocycles. The molecule has 2 aromatic heterocycles. The summed E-state index contributed by atoms with van der Waals surface area (Å²) in [5.41, 5.74) is 13.0. The lowest BCUT2D eigenvalue weighted by Gasteiger charge is -2.24. The summed E-state index contributed by atoms with van der Waals surface area (Å²) < 4.78 is 0. The number of allylic oxidation sites excluding steroid dienone is 2. The Labute approximate surface area is 302 Å². The third kappa shape index (κ3) is 5.32. The summed E-state index contributed by atoms with van der Waals surface area (Å²) in [4.78, 5) is 19.9. The van der Waals surface area contributed by atoms with Gasteiger partial charge in [0.05, 0.1) is 0 Å². The number of pyridine rings is 1. The Morgan fingerprint density at radius 1 is 0.404 bits per heavy atom. The maximum atomic E-state index is 5.13. The first kappa shape index (κ1) is 30.3. The monoisotopic (exact) mass is 666 g/mol. The number of benzene rings is 6. The minimum atomic E-state index is 0.629. The lowest BCUT2D eigenvalue weighted by Crippen LogP contribution is -2.07. The van der Waals surface area contributed by atoms with Crippen LogP contribution in [0, 0.1) is 0 Å². The van der Waals surface area contributed by atoms with Gasteiger partial charge in [0.2, 0.25) is 0 Å². The first-order valence-corrected chi connectivity index (χ1v) is 18.1. The molecule has 0 bridgehead atoms. The maximum absolute atomic E-state index is 5.13. The smallest absolute Gasteiger partial charge is 0.164 e. The molecule has 0 aliphatic heterocycles. The molecule has 4 nitrogen and oxygen atoms in total. The van der Waals surface area contributed by atoms with Gasteiger partial charge in [0.1, 0.15) is 0 Å². The fourth-order valence-electron chi connectivity index (χ4n) is 8.00. The van der Waals surface area contributed by atoms with Gasteiger partial charge >= 0.3 is 0 Å².